The van der Waals surface area contributed by atoms with E-state index in [9.17, 15) is 0 Å². The topological polar surface area (TPSA) is 34.0 Å². The van der Waals surface area contributed by atoms with Crippen LogP contribution in [-0.4, -0.2) is 26.2 Å². The highest BCUT2D eigenvalue weighted by molar-refractivity contribution is 7.73. The number of rotatable bonds is 3. The average Bonchev–Trinajstić information content (AvgIpc) is 3.14. The first kappa shape index (κ1) is 14.4. The number of para-hydroxylation sites is 1. The second-order valence-electron chi connectivity index (χ2n) is 5.49. The maximum absolute atomic E-state index is 5.34. The molecule has 2 aromatic heterocycles. The van der Waals surface area contributed by atoms with Crippen LogP contribution in [0.3, 0.4) is 0 Å². The van der Waals surface area contributed by atoms with Crippen molar-refractivity contribution in [3.8, 4) is 0 Å². The molecule has 0 spiro atoms. The molecular weight excluding hydrogens is 332 g/mol. The number of hydrogen-bond acceptors (Lipinski definition) is 6. The Morgan fingerprint density at radius 2 is 2.18 bits per heavy atom. The van der Waals surface area contributed by atoms with Crippen LogP contribution in [0.5, 0.6) is 0 Å². The van der Waals surface area contributed by atoms with Gasteiger partial charge in [-0.15, -0.1) is 11.3 Å². The molecule has 0 aliphatic carbocycles. The van der Waals surface area contributed by atoms with Crippen molar-refractivity contribution < 1.29 is 0 Å². The van der Waals surface area contributed by atoms with E-state index in [0.717, 1.165) is 29.1 Å². The number of benzene rings is 1. The molecular formula is C15H16N4S3. The van der Waals surface area contributed by atoms with Crippen LogP contribution in [0.15, 0.2) is 29.8 Å². The van der Waals surface area contributed by atoms with Crippen molar-refractivity contribution in [1.29, 1.82) is 0 Å². The summed E-state index contributed by atoms with van der Waals surface area (Å²) in [6.45, 7) is 1.85. The Morgan fingerprint density at radius 3 is 3.00 bits per heavy atom. The van der Waals surface area contributed by atoms with Gasteiger partial charge in [-0.2, -0.15) is 5.10 Å². The molecule has 0 bridgehead atoms. The van der Waals surface area contributed by atoms with Crippen molar-refractivity contribution >= 4 is 45.1 Å². The van der Waals surface area contributed by atoms with Crippen LogP contribution >= 0.6 is 34.9 Å². The summed E-state index contributed by atoms with van der Waals surface area (Å²) >= 11 is 8.68. The zero-order valence-corrected chi connectivity index (χ0v) is 14.5. The molecule has 4 rings (SSSR count). The fourth-order valence-electron chi connectivity index (χ4n) is 2.97. The first-order valence-electron chi connectivity index (χ1n) is 7.41. The van der Waals surface area contributed by atoms with E-state index in [4.69, 9.17) is 17.2 Å². The number of aromatic nitrogens is 3. The zero-order chi connectivity index (χ0) is 14.9. The quantitative estimate of drug-likeness (QED) is 0.654. The average molecular weight is 349 g/mol. The smallest absolute Gasteiger partial charge is 0.180 e. The van der Waals surface area contributed by atoms with E-state index < -0.39 is 0 Å². The van der Waals surface area contributed by atoms with Gasteiger partial charge in [0, 0.05) is 6.54 Å². The molecule has 1 saturated heterocycles. The molecule has 3 aromatic rings. The first-order chi connectivity index (χ1) is 10.8. The van der Waals surface area contributed by atoms with Gasteiger partial charge in [-0.1, -0.05) is 29.9 Å². The molecule has 1 aliphatic rings. The molecule has 7 heteroatoms. The van der Waals surface area contributed by atoms with Gasteiger partial charge < -0.3 is 0 Å². The van der Waals surface area contributed by atoms with Crippen molar-refractivity contribution in [1.82, 2.24) is 19.7 Å². The monoisotopic (exact) mass is 348 g/mol. The Kier molecular flexibility index (Phi) is 4.04. The van der Waals surface area contributed by atoms with E-state index >= 15 is 0 Å². The lowest BCUT2D eigenvalue weighted by Crippen LogP contribution is -2.35. The van der Waals surface area contributed by atoms with Crippen molar-refractivity contribution in [2.75, 3.05) is 6.54 Å². The summed E-state index contributed by atoms with van der Waals surface area (Å²) in [6.07, 6.45) is 3.66. The lowest BCUT2D eigenvalue weighted by atomic mass is 10.0. The SMILES string of the molecule is S=c1scnn1CN1CCCC[C@H]1c1nc2ccccc2s1. The summed E-state index contributed by atoms with van der Waals surface area (Å²) in [7, 11) is 0. The summed E-state index contributed by atoms with van der Waals surface area (Å²) in [5.74, 6) is 0. The van der Waals surface area contributed by atoms with Crippen LogP contribution in [0, 0.1) is 3.95 Å². The maximum Gasteiger partial charge on any atom is 0.180 e. The van der Waals surface area contributed by atoms with E-state index in [1.54, 1.807) is 0 Å². The molecule has 0 unspecified atom stereocenters. The Balaban J connectivity index is 1.65. The van der Waals surface area contributed by atoms with E-state index in [1.807, 2.05) is 21.5 Å². The third-order valence-electron chi connectivity index (χ3n) is 4.08. The fraction of sp³-hybridized carbons (Fsp3) is 0.400. The van der Waals surface area contributed by atoms with E-state index in [1.165, 1.54) is 33.9 Å². The van der Waals surface area contributed by atoms with Crippen LogP contribution in [0.25, 0.3) is 10.2 Å². The van der Waals surface area contributed by atoms with Gasteiger partial charge >= 0.3 is 0 Å². The van der Waals surface area contributed by atoms with Gasteiger partial charge in [-0.05, 0) is 37.2 Å². The van der Waals surface area contributed by atoms with E-state index in [-0.39, 0.29) is 0 Å². The fourth-order valence-corrected chi connectivity index (χ4v) is 4.82. The number of thiazole rings is 1. The van der Waals surface area contributed by atoms with Crippen molar-refractivity contribution in [3.05, 3.63) is 38.7 Å². The van der Waals surface area contributed by atoms with Crippen molar-refractivity contribution in [2.45, 2.75) is 32.0 Å². The summed E-state index contributed by atoms with van der Waals surface area (Å²) in [6, 6.07) is 8.77. The molecule has 1 fully saturated rings. The standard InChI is InChI=1S/C15H16N4S3/c20-15-19(16-9-21-15)10-18-8-4-3-6-12(18)14-17-11-5-1-2-7-13(11)22-14/h1-2,5,7,9,12H,3-4,6,8,10H2/t12-/m0/s1. The number of fused-ring (bicyclic) bond motifs is 1. The summed E-state index contributed by atoms with van der Waals surface area (Å²) in [5, 5.41) is 5.58. The molecule has 0 amide bonds. The Labute approximate surface area is 142 Å². The Bertz CT molecular complexity index is 801. The predicted octanol–water partition coefficient (Wildman–Crippen LogP) is 4.47. The molecule has 4 nitrogen and oxygen atoms in total. The highest BCUT2D eigenvalue weighted by Crippen LogP contribution is 2.35. The van der Waals surface area contributed by atoms with Gasteiger partial charge in [-0.25, -0.2) is 9.67 Å². The summed E-state index contributed by atoms with van der Waals surface area (Å²) < 4.78 is 4.04. The highest BCUT2D eigenvalue weighted by Gasteiger charge is 2.27. The highest BCUT2D eigenvalue weighted by atomic mass is 32.1. The largest absolute Gasteiger partial charge is 0.275 e. The Morgan fingerprint density at radius 1 is 1.27 bits per heavy atom. The molecule has 114 valence electrons. The third-order valence-corrected chi connectivity index (χ3v) is 6.32. The molecule has 3 heterocycles. The molecule has 1 aliphatic heterocycles. The number of hydrogen-bond donors (Lipinski definition) is 0. The molecule has 0 N–H and O–H groups in total. The minimum atomic E-state index is 0.384. The second kappa shape index (κ2) is 6.16. The molecule has 1 atom stereocenters. The van der Waals surface area contributed by atoms with Crippen LogP contribution in [0.1, 0.15) is 30.3 Å². The molecule has 0 radical (unpaired) electrons. The zero-order valence-electron chi connectivity index (χ0n) is 12.0. The number of nitrogens with zero attached hydrogens (tertiary/aromatic N) is 4. The third kappa shape index (κ3) is 2.74. The molecule has 1 aromatic carbocycles. The minimum Gasteiger partial charge on any atom is -0.275 e. The summed E-state index contributed by atoms with van der Waals surface area (Å²) in [4.78, 5) is 7.33. The predicted molar refractivity (Wildman–Crippen MR) is 93.9 cm³/mol. The van der Waals surface area contributed by atoms with Gasteiger partial charge in [0.15, 0.2) is 3.95 Å². The molecule has 22 heavy (non-hydrogen) atoms. The van der Waals surface area contributed by atoms with Crippen molar-refractivity contribution in [2.24, 2.45) is 0 Å². The van der Waals surface area contributed by atoms with Gasteiger partial charge in [0.25, 0.3) is 0 Å². The Hall–Kier alpha value is -1.15. The summed E-state index contributed by atoms with van der Waals surface area (Å²) in [5.41, 5.74) is 2.93. The maximum atomic E-state index is 5.34. The normalized spacial score (nSPS) is 19.7. The van der Waals surface area contributed by atoms with E-state index in [2.05, 4.69) is 34.3 Å². The van der Waals surface area contributed by atoms with Crippen LogP contribution in [0.2, 0.25) is 0 Å². The van der Waals surface area contributed by atoms with Crippen LogP contribution in [-0.2, 0) is 6.67 Å². The second-order valence-corrected chi connectivity index (χ2v) is 8.03. The van der Waals surface area contributed by atoms with E-state index in [0.29, 0.717) is 6.04 Å². The van der Waals surface area contributed by atoms with Gasteiger partial charge in [-0.3, -0.25) is 4.90 Å². The minimum absolute atomic E-state index is 0.384. The van der Waals surface area contributed by atoms with Gasteiger partial charge in [0.05, 0.1) is 22.9 Å². The number of piperidine rings is 1. The lowest BCUT2D eigenvalue weighted by Gasteiger charge is -2.34. The molecule has 0 saturated carbocycles. The van der Waals surface area contributed by atoms with Gasteiger partial charge in [0.2, 0.25) is 0 Å². The first-order valence-corrected chi connectivity index (χ1v) is 9.52. The lowest BCUT2D eigenvalue weighted by molar-refractivity contribution is 0.104. The van der Waals surface area contributed by atoms with Gasteiger partial charge in [0.1, 0.15) is 10.5 Å². The number of likely N-dealkylation sites (tertiary alicyclic amines) is 1. The van der Waals surface area contributed by atoms with Crippen molar-refractivity contribution in [3.63, 3.8) is 0 Å². The van der Waals surface area contributed by atoms with Crippen LogP contribution in [0.4, 0.5) is 0 Å². The van der Waals surface area contributed by atoms with Crippen LogP contribution < -0.4 is 0 Å².